The van der Waals surface area contributed by atoms with E-state index in [4.69, 9.17) is 9.47 Å². The maximum Gasteiger partial charge on any atom is 0.254 e. The minimum absolute atomic E-state index is 0.0229. The van der Waals surface area contributed by atoms with Crippen LogP contribution in [0.5, 0.6) is 11.5 Å². The second kappa shape index (κ2) is 12.6. The van der Waals surface area contributed by atoms with Crippen molar-refractivity contribution in [1.29, 1.82) is 0 Å². The zero-order valence-electron chi connectivity index (χ0n) is 21.5. The van der Waals surface area contributed by atoms with E-state index in [0.29, 0.717) is 49.2 Å². The fourth-order valence-corrected chi connectivity index (χ4v) is 5.89. The van der Waals surface area contributed by atoms with Crippen molar-refractivity contribution in [3.05, 3.63) is 23.8 Å². The number of likely N-dealkylation sites (tertiary alicyclic amines) is 1. The predicted octanol–water partition coefficient (Wildman–Crippen LogP) is 2.62. The van der Waals surface area contributed by atoms with Crippen molar-refractivity contribution in [2.75, 3.05) is 66.6 Å². The van der Waals surface area contributed by atoms with E-state index in [1.807, 2.05) is 4.90 Å². The first kappa shape index (κ1) is 25.8. The smallest absolute Gasteiger partial charge is 0.254 e. The molecule has 194 valence electrons. The maximum absolute atomic E-state index is 13.4. The molecule has 2 saturated heterocycles. The molecule has 4 rings (SSSR count). The van der Waals surface area contributed by atoms with Gasteiger partial charge in [0.25, 0.3) is 5.91 Å². The number of nitrogens with one attached hydrogen (secondary N) is 1. The van der Waals surface area contributed by atoms with Gasteiger partial charge in [0.05, 0.1) is 20.3 Å². The van der Waals surface area contributed by atoms with Gasteiger partial charge in [-0.3, -0.25) is 14.5 Å². The second-order valence-electron chi connectivity index (χ2n) is 10.1. The summed E-state index contributed by atoms with van der Waals surface area (Å²) in [6.07, 6.45) is 8.51. The summed E-state index contributed by atoms with van der Waals surface area (Å²) in [7, 11) is 3.17. The number of hydrogen-bond acceptors (Lipinski definition) is 6. The van der Waals surface area contributed by atoms with E-state index in [2.05, 4.69) is 15.1 Å². The van der Waals surface area contributed by atoms with Gasteiger partial charge in [0.2, 0.25) is 5.91 Å². The average molecular weight is 487 g/mol. The molecule has 2 aliphatic heterocycles. The van der Waals surface area contributed by atoms with Crippen molar-refractivity contribution >= 4 is 11.8 Å². The molecule has 1 atom stereocenters. The van der Waals surface area contributed by atoms with Gasteiger partial charge in [-0.05, 0) is 56.8 Å². The molecule has 0 aromatic heterocycles. The molecule has 1 N–H and O–H groups in total. The zero-order valence-corrected chi connectivity index (χ0v) is 21.5. The lowest BCUT2D eigenvalue weighted by atomic mass is 9.95. The molecule has 3 fully saturated rings. The standard InChI is InChI=1S/C27H42N4O4/c1-34-23-18-22(19-24(20-23)35-2)27(33)31-16-14-30(15-17-31)25(21-8-4-5-9-21)26(32)28-10-13-29-11-6-3-7-12-29/h18-21,25H,3-17H2,1-2H3,(H,28,32)/t25-/m1/s1. The normalized spacial score (nSPS) is 21.0. The SMILES string of the molecule is COc1cc(OC)cc(C(=O)N2CCN([C@@H](C(=O)NCCN3CCCCC3)C3CCCC3)CC2)c1. The van der Waals surface area contributed by atoms with E-state index in [1.165, 1.54) is 32.1 Å². The lowest BCUT2D eigenvalue weighted by Crippen LogP contribution is -2.58. The van der Waals surface area contributed by atoms with Crippen LogP contribution in [-0.2, 0) is 4.79 Å². The molecule has 0 unspecified atom stereocenters. The third-order valence-electron chi connectivity index (χ3n) is 7.88. The van der Waals surface area contributed by atoms with Crippen LogP contribution in [0.1, 0.15) is 55.3 Å². The lowest BCUT2D eigenvalue weighted by Gasteiger charge is -2.41. The molecular formula is C27H42N4O4. The fraction of sp³-hybridized carbons (Fsp3) is 0.704. The number of rotatable bonds is 9. The van der Waals surface area contributed by atoms with Gasteiger partial charge in [-0.25, -0.2) is 0 Å². The number of nitrogens with zero attached hydrogens (tertiary/aromatic N) is 3. The Morgan fingerprint density at radius 3 is 2.11 bits per heavy atom. The minimum atomic E-state index is -0.0898. The Hall–Kier alpha value is -2.32. The van der Waals surface area contributed by atoms with Crippen molar-refractivity contribution in [1.82, 2.24) is 20.0 Å². The topological polar surface area (TPSA) is 74.3 Å². The number of amides is 2. The average Bonchev–Trinajstić information content (AvgIpc) is 3.43. The van der Waals surface area contributed by atoms with Crippen molar-refractivity contribution in [3.63, 3.8) is 0 Å². The first-order valence-corrected chi connectivity index (χ1v) is 13.4. The highest BCUT2D eigenvalue weighted by Gasteiger charge is 2.37. The number of ether oxygens (including phenoxy) is 2. The van der Waals surface area contributed by atoms with E-state index in [9.17, 15) is 9.59 Å². The monoisotopic (exact) mass is 486 g/mol. The van der Waals surface area contributed by atoms with Crippen LogP contribution in [0.4, 0.5) is 0 Å². The van der Waals surface area contributed by atoms with Crippen molar-refractivity contribution in [2.24, 2.45) is 5.92 Å². The Kier molecular flexibility index (Phi) is 9.26. The highest BCUT2D eigenvalue weighted by atomic mass is 16.5. The molecule has 0 bridgehead atoms. The maximum atomic E-state index is 13.4. The zero-order chi connectivity index (χ0) is 24.6. The van der Waals surface area contributed by atoms with E-state index < -0.39 is 0 Å². The molecule has 1 aliphatic carbocycles. The third-order valence-corrected chi connectivity index (χ3v) is 7.88. The molecule has 1 aromatic rings. The van der Waals surface area contributed by atoms with Gasteiger partial charge >= 0.3 is 0 Å². The Labute approximate surface area is 209 Å². The Morgan fingerprint density at radius 2 is 1.51 bits per heavy atom. The van der Waals surface area contributed by atoms with E-state index in [-0.39, 0.29) is 17.9 Å². The minimum Gasteiger partial charge on any atom is -0.497 e. The molecule has 8 heteroatoms. The van der Waals surface area contributed by atoms with Crippen LogP contribution in [0.15, 0.2) is 18.2 Å². The van der Waals surface area contributed by atoms with Crippen LogP contribution < -0.4 is 14.8 Å². The number of carbonyl (C=O) groups excluding carboxylic acids is 2. The van der Waals surface area contributed by atoms with Crippen LogP contribution in [0.3, 0.4) is 0 Å². The van der Waals surface area contributed by atoms with Gasteiger partial charge < -0.3 is 24.6 Å². The summed E-state index contributed by atoms with van der Waals surface area (Å²) in [6.45, 7) is 6.62. The number of carbonyl (C=O) groups is 2. The van der Waals surface area contributed by atoms with Crippen LogP contribution in [0.25, 0.3) is 0 Å². The van der Waals surface area contributed by atoms with Gasteiger partial charge in [-0.1, -0.05) is 19.3 Å². The van der Waals surface area contributed by atoms with Crippen molar-refractivity contribution in [2.45, 2.75) is 51.0 Å². The highest BCUT2D eigenvalue weighted by Crippen LogP contribution is 2.31. The summed E-state index contributed by atoms with van der Waals surface area (Å²) in [5.74, 6) is 1.77. The van der Waals surface area contributed by atoms with Crippen molar-refractivity contribution < 1.29 is 19.1 Å². The molecular weight excluding hydrogens is 444 g/mol. The number of piperidine rings is 1. The van der Waals surface area contributed by atoms with E-state index >= 15 is 0 Å². The number of benzene rings is 1. The Bertz CT molecular complexity index is 821. The molecule has 0 radical (unpaired) electrons. The van der Waals surface area contributed by atoms with Gasteiger partial charge in [0.15, 0.2) is 0 Å². The molecule has 2 amide bonds. The number of hydrogen-bond donors (Lipinski definition) is 1. The summed E-state index contributed by atoms with van der Waals surface area (Å²) in [5.41, 5.74) is 0.567. The Balaban J connectivity index is 1.34. The quantitative estimate of drug-likeness (QED) is 0.579. The molecule has 1 aromatic carbocycles. The van der Waals surface area contributed by atoms with E-state index in [1.54, 1.807) is 32.4 Å². The molecule has 2 heterocycles. The summed E-state index contributed by atoms with van der Waals surface area (Å²) >= 11 is 0. The van der Waals surface area contributed by atoms with Crippen LogP contribution in [-0.4, -0.2) is 99.1 Å². The predicted molar refractivity (Wildman–Crippen MR) is 136 cm³/mol. The second-order valence-corrected chi connectivity index (χ2v) is 10.1. The first-order valence-electron chi connectivity index (χ1n) is 13.4. The third kappa shape index (κ3) is 6.67. The van der Waals surface area contributed by atoms with Gasteiger partial charge in [0.1, 0.15) is 11.5 Å². The molecule has 0 spiro atoms. The molecule has 35 heavy (non-hydrogen) atoms. The van der Waals surface area contributed by atoms with Gasteiger partial charge in [-0.2, -0.15) is 0 Å². The highest BCUT2D eigenvalue weighted by molar-refractivity contribution is 5.95. The van der Waals surface area contributed by atoms with Crippen LogP contribution in [0, 0.1) is 5.92 Å². The summed E-state index contributed by atoms with van der Waals surface area (Å²) in [5, 5.41) is 3.26. The van der Waals surface area contributed by atoms with Crippen LogP contribution in [0.2, 0.25) is 0 Å². The number of methoxy groups -OCH3 is 2. The van der Waals surface area contributed by atoms with E-state index in [0.717, 1.165) is 39.0 Å². The summed E-state index contributed by atoms with van der Waals surface area (Å²) in [6, 6.07) is 5.20. The first-order chi connectivity index (χ1) is 17.1. The van der Waals surface area contributed by atoms with Gasteiger partial charge in [0, 0.05) is 50.9 Å². The lowest BCUT2D eigenvalue weighted by molar-refractivity contribution is -0.129. The summed E-state index contributed by atoms with van der Waals surface area (Å²) in [4.78, 5) is 33.2. The fourth-order valence-electron chi connectivity index (χ4n) is 5.89. The van der Waals surface area contributed by atoms with Gasteiger partial charge in [-0.15, -0.1) is 0 Å². The summed E-state index contributed by atoms with van der Waals surface area (Å²) < 4.78 is 10.7. The Morgan fingerprint density at radius 1 is 0.886 bits per heavy atom. The molecule has 1 saturated carbocycles. The molecule has 3 aliphatic rings. The van der Waals surface area contributed by atoms with Crippen molar-refractivity contribution in [3.8, 4) is 11.5 Å². The van der Waals surface area contributed by atoms with Crippen LogP contribution >= 0.6 is 0 Å². The number of piperazine rings is 1. The largest absolute Gasteiger partial charge is 0.497 e. The molecule has 8 nitrogen and oxygen atoms in total.